The van der Waals surface area contributed by atoms with Gasteiger partial charge in [-0.25, -0.2) is 0 Å². The van der Waals surface area contributed by atoms with Gasteiger partial charge in [-0.15, -0.1) is 24.0 Å². The predicted octanol–water partition coefficient (Wildman–Crippen LogP) is 1.93. The van der Waals surface area contributed by atoms with Crippen LogP contribution in [0.4, 0.5) is 5.69 Å². The summed E-state index contributed by atoms with van der Waals surface area (Å²) in [6, 6.07) is 6.07. The van der Waals surface area contributed by atoms with E-state index in [0.717, 1.165) is 16.8 Å². The molecule has 0 saturated carbocycles. The number of hydrogen-bond donors (Lipinski definition) is 3. The van der Waals surface area contributed by atoms with Crippen LogP contribution in [0.2, 0.25) is 0 Å². The van der Waals surface area contributed by atoms with Crippen molar-refractivity contribution in [1.82, 2.24) is 0 Å². The van der Waals surface area contributed by atoms with E-state index in [9.17, 15) is 4.79 Å². The van der Waals surface area contributed by atoms with E-state index in [4.69, 9.17) is 16.2 Å². The molecule has 1 amide bonds. The van der Waals surface area contributed by atoms with Crippen LogP contribution in [0.15, 0.2) is 23.2 Å². The molecule has 1 saturated heterocycles. The molecule has 1 aromatic rings. The Hall–Kier alpha value is -1.35. The number of rotatable bonds is 4. The number of carbonyl (C=O) groups is 1. The minimum Gasteiger partial charge on any atom is -0.381 e. The lowest BCUT2D eigenvalue weighted by Gasteiger charge is -2.32. The molecule has 1 fully saturated rings. The second kappa shape index (κ2) is 8.49. The maximum atomic E-state index is 11.8. The molecule has 0 unspecified atom stereocenters. The summed E-state index contributed by atoms with van der Waals surface area (Å²) in [6.45, 7) is 5.40. The Morgan fingerprint density at radius 2 is 1.78 bits per heavy atom. The van der Waals surface area contributed by atoms with Crippen molar-refractivity contribution in [2.75, 3.05) is 25.1 Å². The molecule has 7 heteroatoms. The average molecular weight is 432 g/mol. The van der Waals surface area contributed by atoms with Crippen LogP contribution >= 0.6 is 24.0 Å². The van der Waals surface area contributed by atoms with Gasteiger partial charge < -0.3 is 21.5 Å². The molecule has 1 aliphatic rings. The van der Waals surface area contributed by atoms with Crippen molar-refractivity contribution < 1.29 is 9.53 Å². The monoisotopic (exact) mass is 432 g/mol. The number of nitrogens with zero attached hydrogens (tertiary/aromatic N) is 1. The number of hydrogen-bond acceptors (Lipinski definition) is 3. The van der Waals surface area contributed by atoms with Crippen LogP contribution in [0.3, 0.4) is 0 Å². The van der Waals surface area contributed by atoms with Gasteiger partial charge in [-0.05, 0) is 49.9 Å². The summed E-state index contributed by atoms with van der Waals surface area (Å²) in [5, 5.41) is 3.06. The van der Waals surface area contributed by atoms with Crippen LogP contribution in [0.1, 0.15) is 24.0 Å². The van der Waals surface area contributed by atoms with Gasteiger partial charge in [0.2, 0.25) is 5.91 Å². The third-order valence-electron chi connectivity index (χ3n) is 4.02. The number of guanidine groups is 1. The zero-order chi connectivity index (χ0) is 16.2. The first kappa shape index (κ1) is 19.7. The molecule has 0 spiro atoms. The summed E-state index contributed by atoms with van der Waals surface area (Å²) in [5.74, 6) is -0.0455. The van der Waals surface area contributed by atoms with Crippen LogP contribution in [0.5, 0.6) is 0 Å². The van der Waals surface area contributed by atoms with Crippen LogP contribution in [0.25, 0.3) is 0 Å². The van der Waals surface area contributed by atoms with E-state index >= 15 is 0 Å². The smallest absolute Gasteiger partial charge is 0.225 e. The molecule has 0 atom stereocenters. The largest absolute Gasteiger partial charge is 0.381 e. The molecule has 128 valence electrons. The van der Waals surface area contributed by atoms with Gasteiger partial charge >= 0.3 is 0 Å². The number of nitrogens with one attached hydrogen (secondary N) is 1. The molecule has 0 bridgehead atoms. The number of anilines is 1. The van der Waals surface area contributed by atoms with E-state index in [1.54, 1.807) is 0 Å². The van der Waals surface area contributed by atoms with Gasteiger partial charge in [-0.3, -0.25) is 9.79 Å². The molecule has 1 heterocycles. The number of benzene rings is 1. The second-order valence-corrected chi connectivity index (χ2v) is 5.96. The first-order valence-corrected chi connectivity index (χ1v) is 7.44. The van der Waals surface area contributed by atoms with Gasteiger partial charge in [0.05, 0.1) is 12.0 Å². The summed E-state index contributed by atoms with van der Waals surface area (Å²) in [5.41, 5.74) is 14.0. The molecule has 6 nitrogen and oxygen atoms in total. The van der Waals surface area contributed by atoms with Crippen LogP contribution in [-0.2, 0) is 9.53 Å². The standard InChI is InChI=1S/C16H24N4O2.HI/c1-11-7-12(2)9-13(8-11)20-15(18)19-10-16(14(17)21)3-5-22-6-4-16;/h7-9H,3-6,10H2,1-2H3,(H2,17,21)(H3,18,19,20);1H. The first-order chi connectivity index (χ1) is 10.4. The van der Waals surface area contributed by atoms with Crippen molar-refractivity contribution in [3.8, 4) is 0 Å². The molecule has 0 aromatic heterocycles. The lowest BCUT2D eigenvalue weighted by atomic mass is 9.79. The SMILES string of the molecule is Cc1cc(C)cc(NC(N)=NCC2(C(N)=O)CCOCC2)c1.I. The second-order valence-electron chi connectivity index (χ2n) is 5.96. The Balaban J connectivity index is 0.00000264. The minimum absolute atomic E-state index is 0. The zero-order valence-corrected chi connectivity index (χ0v) is 15.9. The number of primary amides is 1. The lowest BCUT2D eigenvalue weighted by Crippen LogP contribution is -2.44. The van der Waals surface area contributed by atoms with Crippen molar-refractivity contribution >= 4 is 41.5 Å². The lowest BCUT2D eigenvalue weighted by molar-refractivity contribution is -0.132. The highest BCUT2D eigenvalue weighted by atomic mass is 127. The number of halogens is 1. The van der Waals surface area contributed by atoms with Crippen molar-refractivity contribution in [3.63, 3.8) is 0 Å². The van der Waals surface area contributed by atoms with Gasteiger partial charge in [0.15, 0.2) is 5.96 Å². The van der Waals surface area contributed by atoms with Crippen molar-refractivity contribution in [2.45, 2.75) is 26.7 Å². The number of aliphatic imine (C=N–C) groups is 1. The summed E-state index contributed by atoms with van der Waals surface area (Å²) in [4.78, 5) is 16.1. The van der Waals surface area contributed by atoms with E-state index < -0.39 is 5.41 Å². The molecule has 2 rings (SSSR count). The van der Waals surface area contributed by atoms with Gasteiger partial charge in [0.25, 0.3) is 0 Å². The third kappa shape index (κ3) is 5.35. The van der Waals surface area contributed by atoms with Crippen molar-refractivity contribution in [3.05, 3.63) is 29.3 Å². The van der Waals surface area contributed by atoms with Crippen molar-refractivity contribution in [1.29, 1.82) is 0 Å². The maximum Gasteiger partial charge on any atom is 0.225 e. The Kier molecular flexibility index (Phi) is 7.27. The van der Waals surface area contributed by atoms with Gasteiger partial charge in [0.1, 0.15) is 0 Å². The van der Waals surface area contributed by atoms with E-state index in [1.807, 2.05) is 26.0 Å². The van der Waals surface area contributed by atoms with Gasteiger partial charge in [0, 0.05) is 18.9 Å². The minimum atomic E-state index is -0.646. The van der Waals surface area contributed by atoms with Crippen LogP contribution in [-0.4, -0.2) is 31.6 Å². The Morgan fingerprint density at radius 3 is 2.30 bits per heavy atom. The highest BCUT2D eigenvalue weighted by molar-refractivity contribution is 14.0. The Labute approximate surface area is 154 Å². The van der Waals surface area contributed by atoms with E-state index in [1.165, 1.54) is 0 Å². The third-order valence-corrected chi connectivity index (χ3v) is 4.02. The molecule has 1 aromatic carbocycles. The highest BCUT2D eigenvalue weighted by Crippen LogP contribution is 2.30. The molecule has 1 aliphatic heterocycles. The summed E-state index contributed by atoms with van der Waals surface area (Å²) < 4.78 is 5.30. The fourth-order valence-corrected chi connectivity index (χ4v) is 2.72. The summed E-state index contributed by atoms with van der Waals surface area (Å²) in [7, 11) is 0. The number of nitrogens with two attached hydrogens (primary N) is 2. The quantitative estimate of drug-likeness (QED) is 0.384. The fourth-order valence-electron chi connectivity index (χ4n) is 2.72. The number of ether oxygens (including phenoxy) is 1. The van der Waals surface area contributed by atoms with Crippen molar-refractivity contribution in [2.24, 2.45) is 21.9 Å². The molecule has 23 heavy (non-hydrogen) atoms. The van der Waals surface area contributed by atoms with Gasteiger partial charge in [-0.2, -0.15) is 0 Å². The average Bonchev–Trinajstić information content (AvgIpc) is 2.45. The Bertz CT molecular complexity index is 563. The molecular weight excluding hydrogens is 407 g/mol. The number of carbonyl (C=O) groups excluding carboxylic acids is 1. The summed E-state index contributed by atoms with van der Waals surface area (Å²) >= 11 is 0. The van der Waals surface area contributed by atoms with E-state index in [2.05, 4.69) is 16.4 Å². The first-order valence-electron chi connectivity index (χ1n) is 7.44. The van der Waals surface area contributed by atoms with Crippen LogP contribution in [0, 0.1) is 19.3 Å². The molecule has 0 radical (unpaired) electrons. The van der Waals surface area contributed by atoms with E-state index in [-0.39, 0.29) is 42.4 Å². The van der Waals surface area contributed by atoms with E-state index in [0.29, 0.717) is 26.1 Å². The normalized spacial score (nSPS) is 17.2. The Morgan fingerprint density at radius 1 is 1.22 bits per heavy atom. The fraction of sp³-hybridized carbons (Fsp3) is 0.500. The predicted molar refractivity (Wildman–Crippen MR) is 103 cm³/mol. The number of amides is 1. The highest BCUT2D eigenvalue weighted by Gasteiger charge is 2.38. The molecule has 0 aliphatic carbocycles. The maximum absolute atomic E-state index is 11.8. The summed E-state index contributed by atoms with van der Waals surface area (Å²) in [6.07, 6.45) is 1.17. The number of aryl methyl sites for hydroxylation is 2. The molecular formula is C16H25IN4O2. The van der Waals surface area contributed by atoms with Crippen LogP contribution < -0.4 is 16.8 Å². The molecule has 5 N–H and O–H groups in total. The topological polar surface area (TPSA) is 103 Å². The van der Waals surface area contributed by atoms with Gasteiger partial charge in [-0.1, -0.05) is 6.07 Å². The zero-order valence-electron chi connectivity index (χ0n) is 13.6.